The molecule has 1 saturated heterocycles. The van der Waals surface area contributed by atoms with Gasteiger partial charge in [0.05, 0.1) is 22.1 Å². The Morgan fingerprint density at radius 2 is 1.71 bits per heavy atom. The minimum atomic E-state index is -3.89. The topological polar surface area (TPSA) is 77.9 Å². The van der Waals surface area contributed by atoms with Gasteiger partial charge in [-0.25, -0.2) is 8.42 Å². The summed E-state index contributed by atoms with van der Waals surface area (Å²) in [5, 5.41) is 10.1. The van der Waals surface area contributed by atoms with Gasteiger partial charge in [-0.2, -0.15) is 4.31 Å². The number of rotatable bonds is 6. The summed E-state index contributed by atoms with van der Waals surface area (Å²) in [6.45, 7) is 1.25. The van der Waals surface area contributed by atoms with Crippen LogP contribution in [-0.2, 0) is 14.8 Å². The fourth-order valence-electron chi connectivity index (χ4n) is 4.82. The van der Waals surface area contributed by atoms with Crippen molar-refractivity contribution in [2.45, 2.75) is 68.4 Å². The SMILES string of the molecule is O=C([C@H]1CCCN(S(=O)(=O)c2c(Cl)cccc2Cl)C1)N(CC1CC1)[C@H]1CC[C@H](O)CC1. The number of hydrogen-bond acceptors (Lipinski definition) is 4. The Hall–Kier alpha value is -0.860. The lowest BCUT2D eigenvalue weighted by Crippen LogP contribution is -2.51. The number of aliphatic hydroxyl groups is 1. The van der Waals surface area contributed by atoms with Gasteiger partial charge in [0, 0.05) is 25.7 Å². The molecule has 1 aromatic rings. The van der Waals surface area contributed by atoms with Crippen molar-refractivity contribution in [2.24, 2.45) is 11.8 Å². The van der Waals surface area contributed by atoms with E-state index in [-0.39, 0.29) is 45.5 Å². The third kappa shape index (κ3) is 5.22. The molecule has 2 saturated carbocycles. The molecule has 31 heavy (non-hydrogen) atoms. The number of hydrogen-bond donors (Lipinski definition) is 1. The Labute approximate surface area is 194 Å². The number of halogens is 2. The molecule has 3 fully saturated rings. The first-order chi connectivity index (χ1) is 14.8. The number of amides is 1. The molecule has 1 heterocycles. The number of piperidine rings is 1. The summed E-state index contributed by atoms with van der Waals surface area (Å²) < 4.78 is 28.0. The van der Waals surface area contributed by atoms with Crippen LogP contribution in [0.2, 0.25) is 10.0 Å². The molecular formula is C22H30Cl2N2O4S. The van der Waals surface area contributed by atoms with E-state index in [0.29, 0.717) is 25.3 Å². The second kappa shape index (κ2) is 9.56. The highest BCUT2D eigenvalue weighted by Crippen LogP contribution is 2.36. The number of benzene rings is 1. The van der Waals surface area contributed by atoms with Crippen molar-refractivity contribution in [1.29, 1.82) is 0 Å². The molecule has 1 atom stereocenters. The number of sulfonamides is 1. The zero-order valence-electron chi connectivity index (χ0n) is 17.6. The van der Waals surface area contributed by atoms with Gasteiger partial charge >= 0.3 is 0 Å². The number of carbonyl (C=O) groups is 1. The van der Waals surface area contributed by atoms with E-state index in [1.165, 1.54) is 16.4 Å². The quantitative estimate of drug-likeness (QED) is 0.657. The van der Waals surface area contributed by atoms with Crippen molar-refractivity contribution < 1.29 is 18.3 Å². The van der Waals surface area contributed by atoms with Crippen molar-refractivity contribution in [3.63, 3.8) is 0 Å². The molecule has 1 aliphatic heterocycles. The molecule has 9 heteroatoms. The molecule has 0 bridgehead atoms. The summed E-state index contributed by atoms with van der Waals surface area (Å²) in [7, 11) is -3.89. The lowest BCUT2D eigenvalue weighted by atomic mass is 9.90. The van der Waals surface area contributed by atoms with E-state index in [1.54, 1.807) is 6.07 Å². The zero-order chi connectivity index (χ0) is 22.2. The van der Waals surface area contributed by atoms with E-state index < -0.39 is 10.0 Å². The second-order valence-corrected chi connectivity index (χ2v) is 11.8. The number of nitrogens with zero attached hydrogens (tertiary/aromatic N) is 2. The maximum Gasteiger partial charge on any atom is 0.246 e. The van der Waals surface area contributed by atoms with Gasteiger partial charge in [-0.05, 0) is 69.4 Å². The van der Waals surface area contributed by atoms with E-state index in [4.69, 9.17) is 23.2 Å². The van der Waals surface area contributed by atoms with Gasteiger partial charge in [-0.3, -0.25) is 4.79 Å². The Morgan fingerprint density at radius 3 is 2.32 bits per heavy atom. The van der Waals surface area contributed by atoms with Gasteiger partial charge in [0.1, 0.15) is 4.90 Å². The average molecular weight is 489 g/mol. The lowest BCUT2D eigenvalue weighted by molar-refractivity contribution is -0.140. The van der Waals surface area contributed by atoms with Crippen LogP contribution in [-0.4, -0.2) is 60.4 Å². The maximum atomic E-state index is 13.6. The van der Waals surface area contributed by atoms with Crippen LogP contribution in [0, 0.1) is 11.8 Å². The minimum absolute atomic E-state index is 0.0541. The summed E-state index contributed by atoms with van der Waals surface area (Å²) in [4.78, 5) is 15.5. The minimum Gasteiger partial charge on any atom is -0.393 e. The Bertz CT molecular complexity index is 894. The highest BCUT2D eigenvalue weighted by atomic mass is 35.5. The largest absolute Gasteiger partial charge is 0.393 e. The van der Waals surface area contributed by atoms with Crippen molar-refractivity contribution in [1.82, 2.24) is 9.21 Å². The fraction of sp³-hybridized carbons (Fsp3) is 0.682. The molecule has 3 aliphatic rings. The van der Waals surface area contributed by atoms with Crippen LogP contribution in [0.1, 0.15) is 51.4 Å². The van der Waals surface area contributed by atoms with Crippen LogP contribution < -0.4 is 0 Å². The molecule has 4 rings (SSSR count). The van der Waals surface area contributed by atoms with Crippen molar-refractivity contribution in [3.8, 4) is 0 Å². The monoisotopic (exact) mass is 488 g/mol. The lowest BCUT2D eigenvalue weighted by Gasteiger charge is -2.40. The molecular weight excluding hydrogens is 459 g/mol. The summed E-state index contributed by atoms with van der Waals surface area (Å²) in [5.41, 5.74) is 0. The van der Waals surface area contributed by atoms with Crippen LogP contribution >= 0.6 is 23.2 Å². The molecule has 1 N–H and O–H groups in total. The summed E-state index contributed by atoms with van der Waals surface area (Å²) in [6, 6.07) is 4.79. The third-order valence-corrected chi connectivity index (χ3v) is 9.61. The van der Waals surface area contributed by atoms with Crippen molar-refractivity contribution in [2.75, 3.05) is 19.6 Å². The Kier molecular flexibility index (Phi) is 7.18. The first-order valence-electron chi connectivity index (χ1n) is 11.2. The molecule has 0 aromatic heterocycles. The van der Waals surface area contributed by atoms with Gasteiger partial charge in [0.15, 0.2) is 0 Å². The highest BCUT2D eigenvalue weighted by Gasteiger charge is 2.40. The molecule has 1 amide bonds. The Balaban J connectivity index is 1.51. The summed E-state index contributed by atoms with van der Waals surface area (Å²) in [5.74, 6) is 0.245. The summed E-state index contributed by atoms with van der Waals surface area (Å²) in [6.07, 6.45) is 6.38. The predicted molar refractivity (Wildman–Crippen MR) is 121 cm³/mol. The van der Waals surface area contributed by atoms with E-state index in [9.17, 15) is 18.3 Å². The Morgan fingerprint density at radius 1 is 1.06 bits per heavy atom. The van der Waals surface area contributed by atoms with E-state index in [2.05, 4.69) is 0 Å². The third-order valence-electron chi connectivity index (χ3n) is 6.79. The van der Waals surface area contributed by atoms with Gasteiger partial charge in [-0.15, -0.1) is 0 Å². The van der Waals surface area contributed by atoms with Crippen LogP contribution in [0.4, 0.5) is 0 Å². The van der Waals surface area contributed by atoms with Crippen molar-refractivity contribution in [3.05, 3.63) is 28.2 Å². The van der Waals surface area contributed by atoms with Crippen LogP contribution in [0.3, 0.4) is 0 Å². The molecule has 0 spiro atoms. The molecule has 6 nitrogen and oxygen atoms in total. The van der Waals surface area contributed by atoms with Gasteiger partial charge in [-0.1, -0.05) is 29.3 Å². The van der Waals surface area contributed by atoms with Crippen LogP contribution in [0.25, 0.3) is 0 Å². The first kappa shape index (κ1) is 23.3. The molecule has 172 valence electrons. The second-order valence-electron chi connectivity index (χ2n) is 9.15. The molecule has 0 radical (unpaired) electrons. The normalized spacial score (nSPS) is 27.8. The predicted octanol–water partition coefficient (Wildman–Crippen LogP) is 3.94. The smallest absolute Gasteiger partial charge is 0.246 e. The molecule has 2 aliphatic carbocycles. The number of aliphatic hydroxyl groups excluding tert-OH is 1. The van der Waals surface area contributed by atoms with Gasteiger partial charge in [0.25, 0.3) is 0 Å². The van der Waals surface area contributed by atoms with E-state index >= 15 is 0 Å². The van der Waals surface area contributed by atoms with E-state index in [0.717, 1.165) is 45.1 Å². The summed E-state index contributed by atoms with van der Waals surface area (Å²) >= 11 is 12.3. The highest BCUT2D eigenvalue weighted by molar-refractivity contribution is 7.89. The van der Waals surface area contributed by atoms with Gasteiger partial charge < -0.3 is 10.0 Å². The van der Waals surface area contributed by atoms with Crippen molar-refractivity contribution >= 4 is 39.1 Å². The van der Waals surface area contributed by atoms with E-state index in [1.807, 2.05) is 4.90 Å². The van der Waals surface area contributed by atoms with Gasteiger partial charge in [0.2, 0.25) is 15.9 Å². The standard InChI is InChI=1S/C22H30Cl2N2O4S/c23-19-4-1-5-20(24)21(19)31(29,30)25-12-2-3-16(14-25)22(28)26(13-15-6-7-15)17-8-10-18(27)11-9-17/h1,4-5,15-18,27H,2-3,6-14H2/t16-,17-,18-/m0/s1. The molecule has 0 unspecified atom stereocenters. The number of carbonyl (C=O) groups excluding carboxylic acids is 1. The fourth-order valence-corrected chi connectivity index (χ4v) is 7.44. The average Bonchev–Trinajstić information content (AvgIpc) is 3.56. The van der Waals surface area contributed by atoms with Crippen LogP contribution in [0.5, 0.6) is 0 Å². The first-order valence-corrected chi connectivity index (χ1v) is 13.4. The molecule has 1 aromatic carbocycles. The zero-order valence-corrected chi connectivity index (χ0v) is 19.9. The van der Waals surface area contributed by atoms with Crippen LogP contribution in [0.15, 0.2) is 23.1 Å². The maximum absolute atomic E-state index is 13.6.